The van der Waals surface area contributed by atoms with E-state index in [9.17, 15) is 9.90 Å². The summed E-state index contributed by atoms with van der Waals surface area (Å²) in [7, 11) is 1.69. The van der Waals surface area contributed by atoms with Crippen LogP contribution in [-0.4, -0.2) is 82.7 Å². The minimum absolute atomic E-state index is 0.0503. The lowest BCUT2D eigenvalue weighted by atomic mass is 9.84. The Balaban J connectivity index is 1.41. The van der Waals surface area contributed by atoms with Gasteiger partial charge in [0.05, 0.1) is 37.6 Å². The van der Waals surface area contributed by atoms with Crippen molar-refractivity contribution in [1.82, 2.24) is 19.5 Å². The summed E-state index contributed by atoms with van der Waals surface area (Å²) in [6.45, 7) is 5.29. The molecule has 1 saturated heterocycles. The summed E-state index contributed by atoms with van der Waals surface area (Å²) in [5.41, 5.74) is 4.64. The molecule has 2 aromatic rings. The van der Waals surface area contributed by atoms with Crippen LogP contribution in [0.4, 0.5) is 5.95 Å². The Morgan fingerprint density at radius 3 is 2.72 bits per heavy atom. The zero-order chi connectivity index (χ0) is 25.1. The number of carbonyl (C=O) groups is 1. The highest BCUT2D eigenvalue weighted by atomic mass is 16.5. The summed E-state index contributed by atoms with van der Waals surface area (Å²) in [6.07, 6.45) is 10.0. The van der Waals surface area contributed by atoms with Gasteiger partial charge in [0, 0.05) is 49.3 Å². The van der Waals surface area contributed by atoms with Crippen molar-refractivity contribution in [3.63, 3.8) is 0 Å². The van der Waals surface area contributed by atoms with Gasteiger partial charge >= 0.3 is 0 Å². The summed E-state index contributed by atoms with van der Waals surface area (Å²) in [5.74, 6) is 1.25. The number of carbonyl (C=O) groups excluding carboxylic acids is 1. The molecule has 2 aromatic heterocycles. The molecule has 0 unspecified atom stereocenters. The van der Waals surface area contributed by atoms with Crippen LogP contribution >= 0.6 is 0 Å². The maximum atomic E-state index is 13.0. The van der Waals surface area contributed by atoms with Crippen LogP contribution in [0.5, 0.6) is 0 Å². The van der Waals surface area contributed by atoms with Gasteiger partial charge in [-0.3, -0.25) is 4.79 Å². The van der Waals surface area contributed by atoms with Gasteiger partial charge in [-0.05, 0) is 63.5 Å². The number of amides is 1. The third kappa shape index (κ3) is 5.43. The number of aliphatic hydroxyl groups excluding tert-OH is 1. The van der Waals surface area contributed by atoms with Crippen LogP contribution in [0.1, 0.15) is 69.0 Å². The van der Waals surface area contributed by atoms with Crippen LogP contribution in [-0.2, 0) is 14.3 Å². The normalized spacial score (nSPS) is 26.0. The molecule has 2 atom stereocenters. The van der Waals surface area contributed by atoms with Crippen LogP contribution in [0.2, 0.25) is 0 Å². The molecule has 36 heavy (non-hydrogen) atoms. The highest BCUT2D eigenvalue weighted by Crippen LogP contribution is 2.39. The molecule has 9 heteroatoms. The van der Waals surface area contributed by atoms with E-state index in [-0.39, 0.29) is 24.0 Å². The lowest BCUT2D eigenvalue weighted by Crippen LogP contribution is -2.44. The van der Waals surface area contributed by atoms with Crippen LogP contribution in [0.15, 0.2) is 18.3 Å². The van der Waals surface area contributed by atoms with E-state index in [1.807, 2.05) is 18.0 Å². The number of hydrogen-bond acceptors (Lipinski definition) is 7. The molecule has 2 N–H and O–H groups in total. The fraction of sp³-hybridized carbons (Fsp3) is 0.667. The van der Waals surface area contributed by atoms with Crippen molar-refractivity contribution in [2.24, 2.45) is 5.92 Å². The lowest BCUT2D eigenvalue weighted by Gasteiger charge is -2.31. The Labute approximate surface area is 212 Å². The molecular weight excluding hydrogens is 458 g/mol. The number of aromatic nitrogens is 3. The summed E-state index contributed by atoms with van der Waals surface area (Å²) in [5, 5.41) is 18.3. The fourth-order valence-electron chi connectivity index (χ4n) is 5.86. The summed E-state index contributed by atoms with van der Waals surface area (Å²) in [6, 6.07) is 2.38. The number of nitrogens with zero attached hydrogens (tertiary/aromatic N) is 4. The van der Waals surface area contributed by atoms with Gasteiger partial charge in [0.15, 0.2) is 0 Å². The van der Waals surface area contributed by atoms with Crippen molar-refractivity contribution in [2.45, 2.75) is 69.9 Å². The SMILES string of the molecule is COC[C@H](C)Nc1ncc2c(C3=CC[C@H](C(=O)N4CCOCC4)CC3)cc(C3CCC(O)CC3)n2n1. The Kier molecular flexibility index (Phi) is 7.88. The molecular formula is C27H39N5O4. The van der Waals surface area contributed by atoms with Crippen molar-refractivity contribution in [3.8, 4) is 0 Å². The number of anilines is 1. The van der Waals surface area contributed by atoms with Crippen molar-refractivity contribution < 1.29 is 19.4 Å². The van der Waals surface area contributed by atoms with E-state index in [2.05, 4.69) is 27.0 Å². The first-order valence-corrected chi connectivity index (χ1v) is 13.4. The monoisotopic (exact) mass is 497 g/mol. The number of methoxy groups -OCH3 is 1. The Morgan fingerprint density at radius 1 is 1.25 bits per heavy atom. The molecule has 1 saturated carbocycles. The van der Waals surface area contributed by atoms with Crippen molar-refractivity contribution in [2.75, 3.05) is 45.3 Å². The first-order chi connectivity index (χ1) is 17.5. The minimum Gasteiger partial charge on any atom is -0.393 e. The number of hydrogen-bond donors (Lipinski definition) is 2. The highest BCUT2D eigenvalue weighted by molar-refractivity contribution is 5.83. The van der Waals surface area contributed by atoms with Crippen LogP contribution in [0.25, 0.3) is 11.1 Å². The fourth-order valence-corrected chi connectivity index (χ4v) is 5.86. The number of nitrogens with one attached hydrogen (secondary N) is 1. The summed E-state index contributed by atoms with van der Waals surface area (Å²) in [4.78, 5) is 19.6. The average Bonchev–Trinajstić information content (AvgIpc) is 3.28. The van der Waals surface area contributed by atoms with E-state index in [1.54, 1.807) is 7.11 Å². The van der Waals surface area contributed by atoms with Gasteiger partial charge < -0.3 is 24.8 Å². The van der Waals surface area contributed by atoms with Crippen LogP contribution in [0.3, 0.4) is 0 Å². The molecule has 2 fully saturated rings. The maximum absolute atomic E-state index is 13.0. The second-order valence-electron chi connectivity index (χ2n) is 10.5. The zero-order valence-electron chi connectivity index (χ0n) is 21.5. The van der Waals surface area contributed by atoms with Crippen LogP contribution < -0.4 is 5.32 Å². The number of ether oxygens (including phenoxy) is 2. The smallest absolute Gasteiger partial charge is 0.241 e. The Bertz CT molecular complexity index is 1090. The Hall–Kier alpha value is -2.49. The predicted molar refractivity (Wildman–Crippen MR) is 138 cm³/mol. The van der Waals surface area contributed by atoms with Crippen molar-refractivity contribution >= 4 is 22.9 Å². The van der Waals surface area contributed by atoms with E-state index in [4.69, 9.17) is 14.6 Å². The molecule has 3 heterocycles. The maximum Gasteiger partial charge on any atom is 0.241 e. The lowest BCUT2D eigenvalue weighted by molar-refractivity contribution is -0.139. The molecule has 2 aliphatic carbocycles. The quantitative estimate of drug-likeness (QED) is 0.606. The molecule has 1 aliphatic heterocycles. The first-order valence-electron chi connectivity index (χ1n) is 13.4. The van der Waals surface area contributed by atoms with Gasteiger partial charge in [0.1, 0.15) is 0 Å². The predicted octanol–water partition coefficient (Wildman–Crippen LogP) is 3.24. The largest absolute Gasteiger partial charge is 0.393 e. The van der Waals surface area contributed by atoms with Gasteiger partial charge in [0.2, 0.25) is 11.9 Å². The van der Waals surface area contributed by atoms with Gasteiger partial charge in [-0.1, -0.05) is 6.08 Å². The number of aliphatic hydroxyl groups is 1. The van der Waals surface area contributed by atoms with Gasteiger partial charge in [-0.2, -0.15) is 0 Å². The average molecular weight is 498 g/mol. The number of rotatable bonds is 7. The van der Waals surface area contributed by atoms with E-state index >= 15 is 0 Å². The molecule has 0 spiro atoms. The number of allylic oxidation sites excluding steroid dienone is 2. The van der Waals surface area contributed by atoms with Crippen molar-refractivity contribution in [1.29, 1.82) is 0 Å². The number of fused-ring (bicyclic) bond motifs is 1. The molecule has 3 aliphatic rings. The van der Waals surface area contributed by atoms with E-state index in [0.717, 1.165) is 50.5 Å². The molecule has 1 amide bonds. The third-order valence-electron chi connectivity index (χ3n) is 7.88. The van der Waals surface area contributed by atoms with Gasteiger partial charge in [0.25, 0.3) is 0 Å². The third-order valence-corrected chi connectivity index (χ3v) is 7.88. The standard InChI is InChI=1S/C27H39N5O4/c1-18(17-35-2)29-27-28-16-25-23(15-24(32(25)30-27)20-7-9-22(33)10-8-20)19-3-5-21(6-4-19)26(34)31-11-13-36-14-12-31/h3,15-16,18,20-22,33H,4-14,17H2,1-2H3,(H,29,30)/t18-,20?,21-,22?/m0/s1. The van der Waals surface area contributed by atoms with Gasteiger partial charge in [-0.15, -0.1) is 5.10 Å². The van der Waals surface area contributed by atoms with Crippen molar-refractivity contribution in [3.05, 3.63) is 29.6 Å². The summed E-state index contributed by atoms with van der Waals surface area (Å²) >= 11 is 0. The minimum atomic E-state index is -0.198. The van der Waals surface area contributed by atoms with Gasteiger partial charge in [-0.25, -0.2) is 9.50 Å². The van der Waals surface area contributed by atoms with E-state index in [1.165, 1.54) is 16.8 Å². The van der Waals surface area contributed by atoms with E-state index in [0.29, 0.717) is 44.8 Å². The Morgan fingerprint density at radius 2 is 2.03 bits per heavy atom. The van der Waals surface area contributed by atoms with E-state index < -0.39 is 0 Å². The van der Waals surface area contributed by atoms with Crippen LogP contribution in [0, 0.1) is 5.92 Å². The topological polar surface area (TPSA) is 101 Å². The molecule has 0 aromatic carbocycles. The summed E-state index contributed by atoms with van der Waals surface area (Å²) < 4.78 is 12.7. The first kappa shape index (κ1) is 25.2. The molecule has 9 nitrogen and oxygen atoms in total. The molecule has 5 rings (SSSR count). The zero-order valence-corrected chi connectivity index (χ0v) is 21.5. The highest BCUT2D eigenvalue weighted by Gasteiger charge is 2.30. The molecule has 196 valence electrons. The number of morpholine rings is 1. The second-order valence-corrected chi connectivity index (χ2v) is 10.5. The molecule has 0 bridgehead atoms. The molecule has 0 radical (unpaired) electrons. The second kappa shape index (κ2) is 11.3.